The van der Waals surface area contributed by atoms with Crippen LogP contribution in [0.5, 0.6) is 0 Å². The molecule has 336 valence electrons. The van der Waals surface area contributed by atoms with Crippen molar-refractivity contribution in [3.63, 3.8) is 0 Å². The van der Waals surface area contributed by atoms with Crippen LogP contribution in [-0.2, 0) is 35.1 Å². The van der Waals surface area contributed by atoms with Gasteiger partial charge in [-0.1, -0.05) is 120 Å². The van der Waals surface area contributed by atoms with Gasteiger partial charge in [-0.2, -0.15) is 0 Å². The van der Waals surface area contributed by atoms with E-state index in [4.69, 9.17) is 23.7 Å². The average Bonchev–Trinajstić information content (AvgIpc) is 3.27. The first-order chi connectivity index (χ1) is 30.1. The van der Waals surface area contributed by atoms with Gasteiger partial charge in [0.25, 0.3) is 0 Å². The highest BCUT2D eigenvalue weighted by molar-refractivity contribution is 5.90. The number of hydrogen-bond acceptors (Lipinski definition) is 8. The summed E-state index contributed by atoms with van der Waals surface area (Å²) >= 11 is 0. The van der Waals surface area contributed by atoms with Crippen molar-refractivity contribution >= 4 is 17.9 Å². The zero-order chi connectivity index (χ0) is 44.2. The Morgan fingerprint density at radius 2 is 1.27 bits per heavy atom. The molecule has 11 atom stereocenters. The van der Waals surface area contributed by atoms with Crippen molar-refractivity contribution in [3.05, 3.63) is 119 Å². The Labute approximate surface area is 374 Å². The molecule has 3 aromatic carbocycles. The Kier molecular flexibility index (Phi) is 11.8. The van der Waals surface area contributed by atoms with Crippen molar-refractivity contribution in [2.45, 2.75) is 143 Å². The second-order valence-electron chi connectivity index (χ2n) is 21.9. The number of hydrogen-bond donors (Lipinski definition) is 0. The first-order valence-corrected chi connectivity index (χ1v) is 23.8. The van der Waals surface area contributed by atoms with Crippen LogP contribution in [0, 0.1) is 50.7 Å². The van der Waals surface area contributed by atoms with Gasteiger partial charge in [0.2, 0.25) is 0 Å². The molecule has 0 bridgehead atoms. The van der Waals surface area contributed by atoms with Crippen molar-refractivity contribution in [2.24, 2.45) is 50.7 Å². The Hall–Kier alpha value is -4.27. The number of carbonyl (C=O) groups excluding carboxylic acids is 3. The SMILES string of the molecule is CC1(C)CC[C@]2(C(=O)OCc3ccccc3)CCC3C(=CCC4[C@@]3(C)CCC3C(C)(C)[C@@H](O[C@H]5C[C@@H](OC(=O)c6ccccc6)[C@@H](OC(=O)c6ccccc6)CO5)CC[C@@]34C)[C@@H]2C1. The highest BCUT2D eigenvalue weighted by Gasteiger charge is 2.66. The van der Waals surface area contributed by atoms with E-state index >= 15 is 0 Å². The van der Waals surface area contributed by atoms with Gasteiger partial charge in [0, 0.05) is 6.42 Å². The number of benzene rings is 3. The van der Waals surface area contributed by atoms with Crippen LogP contribution in [0.4, 0.5) is 0 Å². The zero-order valence-corrected chi connectivity index (χ0v) is 38.3. The molecule has 0 N–H and O–H groups in total. The summed E-state index contributed by atoms with van der Waals surface area (Å²) in [5.74, 6) is 0.721. The smallest absolute Gasteiger partial charge is 0.338 e. The van der Waals surface area contributed by atoms with Gasteiger partial charge in [0.1, 0.15) is 12.7 Å². The maximum atomic E-state index is 14.4. The van der Waals surface area contributed by atoms with Gasteiger partial charge >= 0.3 is 17.9 Å². The second-order valence-corrected chi connectivity index (χ2v) is 21.9. The first-order valence-electron chi connectivity index (χ1n) is 23.8. The van der Waals surface area contributed by atoms with Crippen LogP contribution in [0.15, 0.2) is 103 Å². The molecule has 1 aliphatic heterocycles. The van der Waals surface area contributed by atoms with Crippen LogP contribution < -0.4 is 0 Å². The van der Waals surface area contributed by atoms with E-state index in [0.29, 0.717) is 35.5 Å². The molecule has 1 heterocycles. The summed E-state index contributed by atoms with van der Waals surface area (Å²) < 4.78 is 31.6. The summed E-state index contributed by atoms with van der Waals surface area (Å²) in [4.78, 5) is 41.0. The summed E-state index contributed by atoms with van der Waals surface area (Å²) in [6, 6.07) is 27.9. The molecule has 4 saturated carbocycles. The topological polar surface area (TPSA) is 97.4 Å². The van der Waals surface area contributed by atoms with Gasteiger partial charge in [0.05, 0.1) is 29.3 Å². The lowest BCUT2D eigenvalue weighted by molar-refractivity contribution is -0.273. The number of carbonyl (C=O) groups is 3. The van der Waals surface area contributed by atoms with E-state index in [0.717, 1.165) is 69.8 Å². The summed E-state index contributed by atoms with van der Waals surface area (Å²) in [6.07, 6.45) is 10.9. The molecule has 3 aromatic rings. The summed E-state index contributed by atoms with van der Waals surface area (Å²) in [5, 5.41) is 0. The van der Waals surface area contributed by atoms with Crippen LogP contribution in [-0.4, -0.2) is 49.1 Å². The predicted octanol–water partition coefficient (Wildman–Crippen LogP) is 11.7. The highest BCUT2D eigenvalue weighted by Crippen LogP contribution is 2.72. The van der Waals surface area contributed by atoms with E-state index in [1.807, 2.05) is 42.5 Å². The lowest BCUT2D eigenvalue weighted by Gasteiger charge is -2.68. The molecule has 1 saturated heterocycles. The Morgan fingerprint density at radius 1 is 0.651 bits per heavy atom. The van der Waals surface area contributed by atoms with Crippen LogP contribution in [0.1, 0.15) is 138 Å². The normalized spacial score (nSPS) is 36.4. The molecule has 3 unspecified atom stereocenters. The minimum atomic E-state index is -0.780. The van der Waals surface area contributed by atoms with Gasteiger partial charge in [0.15, 0.2) is 12.4 Å². The van der Waals surface area contributed by atoms with E-state index in [9.17, 15) is 14.4 Å². The monoisotopic (exact) mass is 856 g/mol. The number of esters is 3. The van der Waals surface area contributed by atoms with Crippen molar-refractivity contribution in [3.8, 4) is 0 Å². The largest absolute Gasteiger partial charge is 0.460 e. The van der Waals surface area contributed by atoms with Crippen LogP contribution in [0.2, 0.25) is 0 Å². The molecule has 5 fully saturated rings. The summed E-state index contributed by atoms with van der Waals surface area (Å²) in [7, 11) is 0. The van der Waals surface area contributed by atoms with Gasteiger partial charge in [-0.3, -0.25) is 4.79 Å². The molecule has 0 aromatic heterocycles. The lowest BCUT2D eigenvalue weighted by Crippen LogP contribution is -2.63. The number of rotatable bonds is 9. The third-order valence-corrected chi connectivity index (χ3v) is 17.5. The molecule has 0 spiro atoms. The molecule has 6 aliphatic rings. The zero-order valence-electron chi connectivity index (χ0n) is 38.3. The third kappa shape index (κ3) is 8.11. The Bertz CT molecular complexity index is 2170. The molecular weight excluding hydrogens is 789 g/mol. The summed E-state index contributed by atoms with van der Waals surface area (Å²) in [6.45, 7) is 15.2. The molecular formula is C55H68O8. The standard InChI is InChI=1S/C55H68O8/c1-51(2)30-31-55(50(58)60-34-36-16-10-7-11-17-36)29-24-40-39(41(55)33-51)22-23-45-53(40,5)27-25-44-52(3,4)46(26-28-54(44,45)6)63-47-32-42(61-48(56)37-18-12-8-13-19-37)43(35-59-47)62-49(57)38-20-14-9-15-21-38/h7-22,40-47H,23-35H2,1-6H3/t40?,41-,42+,43-,44?,45?,46-,47-,53-,54-,55+/m0/s1. The molecule has 5 aliphatic carbocycles. The van der Waals surface area contributed by atoms with Crippen LogP contribution in [0.3, 0.4) is 0 Å². The summed E-state index contributed by atoms with van der Waals surface area (Å²) in [5.41, 5.74) is 3.32. The third-order valence-electron chi connectivity index (χ3n) is 17.5. The van der Waals surface area contributed by atoms with Gasteiger partial charge < -0.3 is 23.7 Å². The fourth-order valence-corrected chi connectivity index (χ4v) is 14.1. The van der Waals surface area contributed by atoms with Crippen LogP contribution >= 0.6 is 0 Å². The van der Waals surface area contributed by atoms with E-state index < -0.39 is 35.9 Å². The van der Waals surface area contributed by atoms with Crippen LogP contribution in [0.25, 0.3) is 0 Å². The van der Waals surface area contributed by atoms with Crippen molar-refractivity contribution < 1.29 is 38.1 Å². The van der Waals surface area contributed by atoms with E-state index in [1.165, 1.54) is 0 Å². The van der Waals surface area contributed by atoms with Gasteiger partial charge in [-0.15, -0.1) is 0 Å². The number of fused-ring (bicyclic) bond motifs is 7. The maximum absolute atomic E-state index is 14.4. The second kappa shape index (κ2) is 16.9. The fourth-order valence-electron chi connectivity index (χ4n) is 14.1. The fraction of sp³-hybridized carbons (Fsp3) is 0.582. The molecule has 8 heteroatoms. The van der Waals surface area contributed by atoms with Crippen molar-refractivity contribution in [1.29, 1.82) is 0 Å². The first kappa shape index (κ1) is 44.0. The minimum Gasteiger partial charge on any atom is -0.460 e. The average molecular weight is 857 g/mol. The van der Waals surface area contributed by atoms with Gasteiger partial charge in [-0.25, -0.2) is 9.59 Å². The molecule has 9 rings (SSSR count). The molecule has 0 amide bonds. The number of ether oxygens (including phenoxy) is 5. The van der Waals surface area contributed by atoms with E-state index in [1.54, 1.807) is 54.1 Å². The maximum Gasteiger partial charge on any atom is 0.338 e. The lowest BCUT2D eigenvalue weighted by atomic mass is 9.37. The Balaban J connectivity index is 0.911. The van der Waals surface area contributed by atoms with E-state index in [-0.39, 0.29) is 52.7 Å². The van der Waals surface area contributed by atoms with Crippen molar-refractivity contribution in [1.82, 2.24) is 0 Å². The highest BCUT2D eigenvalue weighted by atomic mass is 16.7. The quantitative estimate of drug-likeness (QED) is 0.0908. The predicted molar refractivity (Wildman–Crippen MR) is 241 cm³/mol. The minimum absolute atomic E-state index is 0.0144. The number of allylic oxidation sites excluding steroid dienone is 2. The molecule has 63 heavy (non-hydrogen) atoms. The van der Waals surface area contributed by atoms with Gasteiger partial charge in [-0.05, 0) is 139 Å². The Morgan fingerprint density at radius 3 is 1.94 bits per heavy atom. The van der Waals surface area contributed by atoms with E-state index in [2.05, 4.69) is 47.6 Å². The van der Waals surface area contributed by atoms with Crippen molar-refractivity contribution in [2.75, 3.05) is 6.61 Å². The molecule has 0 radical (unpaired) electrons. The molecule has 8 nitrogen and oxygen atoms in total.